The number of nitrogens with zero attached hydrogens (tertiary/aromatic N) is 1. The van der Waals surface area contributed by atoms with Crippen molar-refractivity contribution in [3.8, 4) is 11.5 Å². The molecule has 156 valence electrons. The van der Waals surface area contributed by atoms with Crippen LogP contribution in [0, 0.1) is 20.8 Å². The summed E-state index contributed by atoms with van der Waals surface area (Å²) in [6.07, 6.45) is 3.08. The van der Waals surface area contributed by atoms with Gasteiger partial charge in [-0.2, -0.15) is 0 Å². The molecule has 0 aliphatic carbocycles. The van der Waals surface area contributed by atoms with Crippen molar-refractivity contribution >= 4 is 12.0 Å². The molecular weight excluding hydrogens is 382 g/mol. The van der Waals surface area contributed by atoms with Gasteiger partial charge >= 0.3 is 5.97 Å². The van der Waals surface area contributed by atoms with Gasteiger partial charge in [0.1, 0.15) is 19.0 Å². The monoisotopic (exact) mass is 407 g/mol. The Bertz CT molecular complexity index is 1030. The minimum Gasteiger partial charge on any atom is -0.493 e. The van der Waals surface area contributed by atoms with E-state index in [4.69, 9.17) is 18.7 Å². The Hall–Kier alpha value is -3.54. The van der Waals surface area contributed by atoms with E-state index in [-0.39, 0.29) is 6.61 Å². The van der Waals surface area contributed by atoms with Crippen LogP contribution in [0.25, 0.3) is 6.08 Å². The highest BCUT2D eigenvalue weighted by molar-refractivity contribution is 5.87. The van der Waals surface area contributed by atoms with E-state index in [9.17, 15) is 4.79 Å². The van der Waals surface area contributed by atoms with Crippen molar-refractivity contribution in [2.24, 2.45) is 0 Å². The minimum atomic E-state index is -0.407. The summed E-state index contributed by atoms with van der Waals surface area (Å²) >= 11 is 0. The molecule has 1 aromatic heterocycles. The first kappa shape index (κ1) is 21.2. The van der Waals surface area contributed by atoms with Gasteiger partial charge in [-0.25, -0.2) is 4.79 Å². The van der Waals surface area contributed by atoms with Crippen molar-refractivity contribution in [3.05, 3.63) is 82.2 Å². The molecule has 0 saturated heterocycles. The fourth-order valence-electron chi connectivity index (χ4n) is 2.90. The van der Waals surface area contributed by atoms with E-state index in [1.807, 2.05) is 51.1 Å². The van der Waals surface area contributed by atoms with Gasteiger partial charge in [-0.1, -0.05) is 35.5 Å². The topological polar surface area (TPSA) is 70.8 Å². The highest BCUT2D eigenvalue weighted by atomic mass is 16.5. The number of esters is 1. The van der Waals surface area contributed by atoms with Gasteiger partial charge in [0.15, 0.2) is 11.5 Å². The molecule has 0 spiro atoms. The molecule has 2 aromatic carbocycles. The molecule has 3 aromatic rings. The lowest BCUT2D eigenvalue weighted by Crippen LogP contribution is -2.02. The van der Waals surface area contributed by atoms with Crippen LogP contribution in [0.2, 0.25) is 0 Å². The molecule has 0 aliphatic rings. The fraction of sp³-hybridized carbons (Fsp3) is 0.250. The van der Waals surface area contributed by atoms with Crippen molar-refractivity contribution in [3.63, 3.8) is 0 Å². The zero-order valence-corrected chi connectivity index (χ0v) is 17.6. The molecule has 0 saturated carbocycles. The molecule has 0 bridgehead atoms. The van der Waals surface area contributed by atoms with Crippen LogP contribution in [-0.4, -0.2) is 18.2 Å². The van der Waals surface area contributed by atoms with Crippen molar-refractivity contribution in [2.45, 2.75) is 34.0 Å². The van der Waals surface area contributed by atoms with Gasteiger partial charge in [0.25, 0.3) is 0 Å². The molecule has 0 amide bonds. The number of hydrogen-bond acceptors (Lipinski definition) is 6. The highest BCUT2D eigenvalue weighted by Gasteiger charge is 2.12. The van der Waals surface area contributed by atoms with E-state index in [0.29, 0.717) is 18.1 Å². The summed E-state index contributed by atoms with van der Waals surface area (Å²) in [4.78, 5) is 12.0. The SMILES string of the molecule is COc1cc(/C=C/C(=O)OCc2ccccc2C)ccc1OCc1c(C)noc1C. The first-order valence-corrected chi connectivity index (χ1v) is 9.60. The summed E-state index contributed by atoms with van der Waals surface area (Å²) in [7, 11) is 1.57. The summed E-state index contributed by atoms with van der Waals surface area (Å²) in [5.74, 6) is 1.49. The molecule has 6 heteroatoms. The predicted molar refractivity (Wildman–Crippen MR) is 113 cm³/mol. The molecule has 0 fully saturated rings. The van der Waals surface area contributed by atoms with Crippen LogP contribution in [0.3, 0.4) is 0 Å². The number of aromatic nitrogens is 1. The largest absolute Gasteiger partial charge is 0.493 e. The Labute approximate surface area is 176 Å². The number of hydrogen-bond donors (Lipinski definition) is 0. The van der Waals surface area contributed by atoms with Gasteiger partial charge in [0.2, 0.25) is 0 Å². The summed E-state index contributed by atoms with van der Waals surface area (Å²) in [6.45, 7) is 6.28. The molecule has 30 heavy (non-hydrogen) atoms. The van der Waals surface area contributed by atoms with Gasteiger partial charge in [-0.3, -0.25) is 0 Å². The molecule has 0 unspecified atom stereocenters. The van der Waals surface area contributed by atoms with Gasteiger partial charge in [0.05, 0.1) is 18.4 Å². The minimum absolute atomic E-state index is 0.244. The Kier molecular flexibility index (Phi) is 6.91. The van der Waals surface area contributed by atoms with Crippen LogP contribution < -0.4 is 9.47 Å². The van der Waals surface area contributed by atoms with E-state index >= 15 is 0 Å². The fourth-order valence-corrected chi connectivity index (χ4v) is 2.90. The van der Waals surface area contributed by atoms with Crippen LogP contribution >= 0.6 is 0 Å². The lowest BCUT2D eigenvalue weighted by atomic mass is 10.1. The van der Waals surface area contributed by atoms with Crippen molar-refractivity contribution < 1.29 is 23.5 Å². The maximum Gasteiger partial charge on any atom is 0.331 e. The third-order valence-corrected chi connectivity index (χ3v) is 4.78. The smallest absolute Gasteiger partial charge is 0.331 e. The van der Waals surface area contributed by atoms with E-state index in [1.54, 1.807) is 25.3 Å². The van der Waals surface area contributed by atoms with Crippen molar-refractivity contribution in [2.75, 3.05) is 7.11 Å². The zero-order chi connectivity index (χ0) is 21.5. The lowest BCUT2D eigenvalue weighted by molar-refractivity contribution is -0.138. The van der Waals surface area contributed by atoms with Crippen molar-refractivity contribution in [1.29, 1.82) is 0 Å². The second-order valence-electron chi connectivity index (χ2n) is 6.87. The third-order valence-electron chi connectivity index (χ3n) is 4.78. The summed E-state index contributed by atoms with van der Waals surface area (Å²) in [5.41, 5.74) is 4.59. The number of carbonyl (C=O) groups excluding carboxylic acids is 1. The highest BCUT2D eigenvalue weighted by Crippen LogP contribution is 2.30. The molecule has 3 rings (SSSR count). The molecule has 0 aliphatic heterocycles. The van der Waals surface area contributed by atoms with Crippen LogP contribution in [0.5, 0.6) is 11.5 Å². The standard InChI is InChI=1S/C24H25NO5/c1-16-7-5-6-8-20(16)14-29-24(26)12-10-19-9-11-22(23(13-19)27-4)28-15-21-17(2)25-30-18(21)3/h5-13H,14-15H2,1-4H3/b12-10+. The second-order valence-corrected chi connectivity index (χ2v) is 6.87. The Balaban J connectivity index is 1.61. The molecule has 0 radical (unpaired) electrons. The molecule has 0 atom stereocenters. The zero-order valence-electron chi connectivity index (χ0n) is 17.6. The van der Waals surface area contributed by atoms with E-state index in [0.717, 1.165) is 33.7 Å². The number of benzene rings is 2. The average molecular weight is 407 g/mol. The van der Waals surface area contributed by atoms with Gasteiger partial charge < -0.3 is 18.7 Å². The first-order valence-electron chi connectivity index (χ1n) is 9.60. The van der Waals surface area contributed by atoms with Crippen LogP contribution in [-0.2, 0) is 22.7 Å². The molecule has 6 nitrogen and oxygen atoms in total. The second kappa shape index (κ2) is 9.78. The first-order chi connectivity index (χ1) is 14.5. The molecular formula is C24H25NO5. The predicted octanol–water partition coefficient (Wildman–Crippen LogP) is 4.94. The number of rotatable bonds is 8. The average Bonchev–Trinajstić information content (AvgIpc) is 3.07. The number of aryl methyl sites for hydroxylation is 3. The summed E-state index contributed by atoms with van der Waals surface area (Å²) in [6, 6.07) is 13.3. The Morgan fingerprint density at radius 3 is 2.57 bits per heavy atom. The lowest BCUT2D eigenvalue weighted by Gasteiger charge is -2.11. The van der Waals surface area contributed by atoms with Gasteiger partial charge in [0, 0.05) is 6.08 Å². The van der Waals surface area contributed by atoms with E-state index < -0.39 is 5.97 Å². The molecule has 1 heterocycles. The van der Waals surface area contributed by atoms with Gasteiger partial charge in [-0.05, 0) is 55.7 Å². The van der Waals surface area contributed by atoms with Crippen LogP contribution in [0.1, 0.15) is 33.7 Å². The quantitative estimate of drug-likeness (QED) is 0.389. The Morgan fingerprint density at radius 2 is 1.87 bits per heavy atom. The third kappa shape index (κ3) is 5.29. The summed E-state index contributed by atoms with van der Waals surface area (Å²) < 4.78 is 21.8. The van der Waals surface area contributed by atoms with E-state index in [1.165, 1.54) is 6.08 Å². The van der Waals surface area contributed by atoms with Crippen molar-refractivity contribution in [1.82, 2.24) is 5.16 Å². The number of carbonyl (C=O) groups is 1. The number of ether oxygens (including phenoxy) is 3. The number of methoxy groups -OCH3 is 1. The van der Waals surface area contributed by atoms with Crippen LogP contribution in [0.15, 0.2) is 53.1 Å². The van der Waals surface area contributed by atoms with E-state index in [2.05, 4.69) is 5.16 Å². The maximum absolute atomic E-state index is 12.0. The normalized spacial score (nSPS) is 10.9. The van der Waals surface area contributed by atoms with Gasteiger partial charge in [-0.15, -0.1) is 0 Å². The molecule has 0 N–H and O–H groups in total. The maximum atomic E-state index is 12.0. The summed E-state index contributed by atoms with van der Waals surface area (Å²) in [5, 5.41) is 3.93. The Morgan fingerprint density at radius 1 is 1.07 bits per heavy atom. The van der Waals surface area contributed by atoms with Crippen LogP contribution in [0.4, 0.5) is 0 Å².